The number of nitrogens with one attached hydrogen (secondary N) is 1. The van der Waals surface area contributed by atoms with E-state index < -0.39 is 18.4 Å². The zero-order valence-electron chi connectivity index (χ0n) is 14.8. The molecule has 148 valence electrons. The molecule has 2 aromatic carbocycles. The van der Waals surface area contributed by atoms with Crippen molar-refractivity contribution in [3.8, 4) is 5.75 Å². The number of carbonyl (C=O) groups excluding carboxylic acids is 1. The molecule has 28 heavy (non-hydrogen) atoms. The fourth-order valence-electron chi connectivity index (χ4n) is 2.65. The van der Waals surface area contributed by atoms with E-state index in [1.54, 1.807) is 24.3 Å². The van der Waals surface area contributed by atoms with Gasteiger partial charge in [0.2, 0.25) is 5.91 Å². The molecule has 1 unspecified atom stereocenters. The number of methoxy groups -OCH3 is 1. The van der Waals surface area contributed by atoms with E-state index in [1.165, 1.54) is 31.4 Å². The number of nitrogens with zero attached hydrogens (tertiary/aromatic N) is 1. The Morgan fingerprint density at radius 1 is 1.29 bits per heavy atom. The summed E-state index contributed by atoms with van der Waals surface area (Å²) in [6.45, 7) is 0. The minimum atomic E-state index is -4.95. The van der Waals surface area contributed by atoms with Crippen LogP contribution >= 0.6 is 0 Å². The minimum absolute atomic E-state index is 0.0333. The molecular weight excluding hydrogens is 377 g/mol. The predicted molar refractivity (Wildman–Crippen MR) is 95.0 cm³/mol. The number of alkyl halides is 3. The molecule has 6 nitrogen and oxygen atoms in total. The van der Waals surface area contributed by atoms with Gasteiger partial charge in [-0.05, 0) is 35.4 Å². The fourth-order valence-corrected chi connectivity index (χ4v) is 2.65. The van der Waals surface area contributed by atoms with Crippen molar-refractivity contribution in [1.82, 2.24) is 0 Å². The van der Waals surface area contributed by atoms with Crippen molar-refractivity contribution in [2.75, 3.05) is 12.4 Å². The van der Waals surface area contributed by atoms with Crippen LogP contribution < -0.4 is 10.1 Å². The summed E-state index contributed by atoms with van der Waals surface area (Å²) in [7, 11) is 1.54. The van der Waals surface area contributed by atoms with E-state index in [2.05, 4.69) is 15.3 Å². The normalized spacial score (nSPS) is 19.0. The second kappa shape index (κ2) is 7.51. The summed E-state index contributed by atoms with van der Waals surface area (Å²) in [5, 5.41) is 15.5. The molecule has 0 saturated carbocycles. The number of benzene rings is 2. The van der Waals surface area contributed by atoms with Crippen LogP contribution in [0.5, 0.6) is 5.75 Å². The van der Waals surface area contributed by atoms with Gasteiger partial charge in [-0.1, -0.05) is 29.4 Å². The van der Waals surface area contributed by atoms with E-state index in [9.17, 15) is 23.1 Å². The zero-order chi connectivity index (χ0) is 20.4. The number of halogens is 3. The second-order valence-corrected chi connectivity index (χ2v) is 6.24. The topological polar surface area (TPSA) is 80.2 Å². The molecule has 3 rings (SSSR count). The average Bonchev–Trinajstić information content (AvgIpc) is 3.06. The maximum atomic E-state index is 12.8. The second-order valence-electron chi connectivity index (χ2n) is 6.24. The Kier molecular flexibility index (Phi) is 5.28. The lowest BCUT2D eigenvalue weighted by Gasteiger charge is -2.22. The molecule has 0 aromatic heterocycles. The van der Waals surface area contributed by atoms with Crippen LogP contribution in [0.3, 0.4) is 0 Å². The Bertz CT molecular complexity index is 897. The number of oxime groups is 1. The van der Waals surface area contributed by atoms with Crippen LogP contribution in [0.15, 0.2) is 53.7 Å². The summed E-state index contributed by atoms with van der Waals surface area (Å²) in [6.07, 6.45) is -5.62. The van der Waals surface area contributed by atoms with Gasteiger partial charge in [0.15, 0.2) is 0 Å². The third-order valence-corrected chi connectivity index (χ3v) is 4.16. The Labute approximate surface area is 158 Å². The summed E-state index contributed by atoms with van der Waals surface area (Å²) < 4.78 is 43.4. The maximum absolute atomic E-state index is 12.8. The van der Waals surface area contributed by atoms with E-state index in [0.29, 0.717) is 17.0 Å². The number of aliphatic hydroxyl groups is 1. The van der Waals surface area contributed by atoms with E-state index in [1.807, 2.05) is 0 Å². The highest BCUT2D eigenvalue weighted by molar-refractivity contribution is 6.02. The summed E-state index contributed by atoms with van der Waals surface area (Å²) in [5.74, 6) is -2.92. The van der Waals surface area contributed by atoms with Gasteiger partial charge in [-0.15, -0.1) is 0 Å². The van der Waals surface area contributed by atoms with Crippen LogP contribution in [0.25, 0.3) is 0 Å². The molecule has 0 aliphatic carbocycles. The molecule has 1 amide bonds. The lowest BCUT2D eigenvalue weighted by Crippen LogP contribution is -2.45. The predicted octanol–water partition coefficient (Wildman–Crippen LogP) is 3.25. The number of rotatable bonds is 5. The van der Waals surface area contributed by atoms with Gasteiger partial charge >= 0.3 is 12.0 Å². The van der Waals surface area contributed by atoms with Crippen LogP contribution in [0.2, 0.25) is 0 Å². The van der Waals surface area contributed by atoms with E-state index in [-0.39, 0.29) is 18.0 Å². The molecule has 2 aromatic rings. The lowest BCUT2D eigenvalue weighted by molar-refractivity contribution is -0.355. The standard InChI is InChI=1S/C19H17F3N2O4/c1-27-15-4-2-3-12(9-15)10-17(25)23-14-7-5-13(6-8-14)16-11-18(26,28-24-16)19(20,21)22/h2-9,26H,10-11H2,1H3,(H,23,25). The fraction of sp³-hybridized carbons (Fsp3) is 0.263. The highest BCUT2D eigenvalue weighted by Crippen LogP contribution is 2.39. The maximum Gasteiger partial charge on any atom is 0.458 e. The molecule has 1 aliphatic rings. The largest absolute Gasteiger partial charge is 0.497 e. The monoisotopic (exact) mass is 394 g/mol. The number of carbonyl (C=O) groups is 1. The Balaban J connectivity index is 1.61. The van der Waals surface area contributed by atoms with Crippen molar-refractivity contribution >= 4 is 17.3 Å². The molecule has 0 spiro atoms. The summed E-state index contributed by atoms with van der Waals surface area (Å²) in [6, 6.07) is 13.2. The van der Waals surface area contributed by atoms with Crippen molar-refractivity contribution in [2.24, 2.45) is 5.16 Å². The summed E-state index contributed by atoms with van der Waals surface area (Å²) in [4.78, 5) is 16.4. The molecule has 9 heteroatoms. The van der Waals surface area contributed by atoms with E-state index in [4.69, 9.17) is 4.74 Å². The van der Waals surface area contributed by atoms with Crippen LogP contribution in [-0.2, 0) is 16.1 Å². The summed E-state index contributed by atoms with van der Waals surface area (Å²) >= 11 is 0. The number of amides is 1. The molecule has 2 N–H and O–H groups in total. The zero-order valence-corrected chi connectivity index (χ0v) is 14.8. The first-order valence-electron chi connectivity index (χ1n) is 8.27. The summed E-state index contributed by atoms with van der Waals surface area (Å²) in [5.41, 5.74) is 1.57. The van der Waals surface area contributed by atoms with Crippen molar-refractivity contribution in [2.45, 2.75) is 24.8 Å². The Morgan fingerprint density at radius 3 is 2.61 bits per heavy atom. The van der Waals surface area contributed by atoms with Gasteiger partial charge in [0.05, 0.1) is 25.7 Å². The van der Waals surface area contributed by atoms with Crippen molar-refractivity contribution in [1.29, 1.82) is 0 Å². The molecule has 1 aliphatic heterocycles. The number of ether oxygens (including phenoxy) is 1. The molecule has 0 saturated heterocycles. The van der Waals surface area contributed by atoms with Gasteiger partial charge in [-0.3, -0.25) is 4.79 Å². The smallest absolute Gasteiger partial charge is 0.458 e. The van der Waals surface area contributed by atoms with E-state index in [0.717, 1.165) is 5.56 Å². The van der Waals surface area contributed by atoms with Crippen LogP contribution in [0.1, 0.15) is 17.5 Å². The first-order chi connectivity index (χ1) is 13.2. The third kappa shape index (κ3) is 4.25. The van der Waals surface area contributed by atoms with Crippen molar-refractivity contribution in [3.05, 3.63) is 59.7 Å². The molecule has 0 fully saturated rings. The first kappa shape index (κ1) is 19.7. The van der Waals surface area contributed by atoms with Gasteiger partial charge in [-0.25, -0.2) is 0 Å². The van der Waals surface area contributed by atoms with Gasteiger partial charge in [0, 0.05) is 5.69 Å². The Hall–Kier alpha value is -3.07. The number of hydrogen-bond donors (Lipinski definition) is 2. The SMILES string of the molecule is COc1cccc(CC(=O)Nc2ccc(C3=NOC(O)(C(F)(F)F)C3)cc2)c1. The van der Waals surface area contributed by atoms with E-state index >= 15 is 0 Å². The van der Waals surface area contributed by atoms with Crippen molar-refractivity contribution < 1.29 is 32.6 Å². The van der Waals surface area contributed by atoms with Gasteiger partial charge in [0.25, 0.3) is 0 Å². The van der Waals surface area contributed by atoms with Gasteiger partial charge in [-0.2, -0.15) is 13.2 Å². The minimum Gasteiger partial charge on any atom is -0.497 e. The Morgan fingerprint density at radius 2 is 2.00 bits per heavy atom. The molecule has 0 bridgehead atoms. The molecular formula is C19H17F3N2O4. The van der Waals surface area contributed by atoms with Gasteiger partial charge in [0.1, 0.15) is 5.75 Å². The lowest BCUT2D eigenvalue weighted by atomic mass is 10.0. The molecule has 1 heterocycles. The third-order valence-electron chi connectivity index (χ3n) is 4.16. The van der Waals surface area contributed by atoms with Crippen LogP contribution in [-0.4, -0.2) is 35.8 Å². The van der Waals surface area contributed by atoms with Crippen LogP contribution in [0, 0.1) is 0 Å². The number of anilines is 1. The van der Waals surface area contributed by atoms with Crippen molar-refractivity contribution in [3.63, 3.8) is 0 Å². The first-order valence-corrected chi connectivity index (χ1v) is 8.27. The number of hydrogen-bond acceptors (Lipinski definition) is 5. The van der Waals surface area contributed by atoms with Gasteiger partial charge < -0.3 is 20.0 Å². The quantitative estimate of drug-likeness (QED) is 0.816. The highest BCUT2D eigenvalue weighted by atomic mass is 19.4. The highest BCUT2D eigenvalue weighted by Gasteiger charge is 2.60. The van der Waals surface area contributed by atoms with Crippen LogP contribution in [0.4, 0.5) is 18.9 Å². The average molecular weight is 394 g/mol. The molecule has 1 atom stereocenters. The molecule has 0 radical (unpaired) electrons.